The third-order valence-electron chi connectivity index (χ3n) is 3.19. The lowest BCUT2D eigenvalue weighted by Gasteiger charge is -2.13. The topological polar surface area (TPSA) is 161 Å². The maximum Gasteiger partial charge on any atom is 0.428 e. The maximum absolute atomic E-state index is 11.9. The zero-order valence-electron chi connectivity index (χ0n) is 11.4. The monoisotopic (exact) mass is 362 g/mol. The molecule has 0 bridgehead atoms. The third kappa shape index (κ3) is 2.34. The van der Waals surface area contributed by atoms with Crippen LogP contribution < -0.4 is 19.8 Å². The number of hydrogen-bond donors (Lipinski definition) is 3. The SMILES string of the molecule is Cn1c(S(=O)(=O)O)cc2cc3c(cc21)OS(=O)(=O)N3NC(N)=O. The number of hydrogen-bond acceptors (Lipinski definition) is 6. The summed E-state index contributed by atoms with van der Waals surface area (Å²) in [6, 6.07) is 2.56. The van der Waals surface area contributed by atoms with E-state index in [1.165, 1.54) is 19.2 Å². The average molecular weight is 362 g/mol. The van der Waals surface area contributed by atoms with Crippen LogP contribution in [-0.4, -0.2) is 32.0 Å². The average Bonchev–Trinajstić information content (AvgIpc) is 2.83. The molecule has 0 fully saturated rings. The second-order valence-corrected chi connectivity index (χ2v) is 7.43. The predicted octanol–water partition coefficient (Wildman–Crippen LogP) is -0.548. The Morgan fingerprint density at radius 1 is 1.35 bits per heavy atom. The first-order valence-corrected chi connectivity index (χ1v) is 8.73. The summed E-state index contributed by atoms with van der Waals surface area (Å²) < 4.78 is 61.9. The minimum absolute atomic E-state index is 0.0520. The fourth-order valence-corrected chi connectivity index (χ4v) is 4.03. The molecular weight excluding hydrogens is 352 g/mol. The molecule has 0 radical (unpaired) electrons. The van der Waals surface area contributed by atoms with Gasteiger partial charge in [-0.15, -0.1) is 4.41 Å². The number of anilines is 1. The number of hydrazine groups is 1. The van der Waals surface area contributed by atoms with Gasteiger partial charge in [0.05, 0.1) is 5.52 Å². The van der Waals surface area contributed by atoms with Gasteiger partial charge in [0.2, 0.25) is 0 Å². The molecule has 0 aliphatic carbocycles. The molecule has 0 saturated heterocycles. The zero-order valence-corrected chi connectivity index (χ0v) is 13.1. The summed E-state index contributed by atoms with van der Waals surface area (Å²) in [5.74, 6) is -0.130. The second-order valence-electron chi connectivity index (χ2n) is 4.68. The molecule has 2 amide bonds. The number of aromatic nitrogens is 1. The molecule has 1 aromatic carbocycles. The van der Waals surface area contributed by atoms with Crippen LogP contribution in [0.2, 0.25) is 0 Å². The summed E-state index contributed by atoms with van der Waals surface area (Å²) in [4.78, 5) is 10.9. The Morgan fingerprint density at radius 3 is 2.57 bits per heavy atom. The third-order valence-corrected chi connectivity index (χ3v) is 5.24. The van der Waals surface area contributed by atoms with E-state index in [2.05, 4.69) is 0 Å². The highest BCUT2D eigenvalue weighted by atomic mass is 32.2. The summed E-state index contributed by atoms with van der Waals surface area (Å²) in [7, 11) is -7.39. The first-order chi connectivity index (χ1) is 10.5. The van der Waals surface area contributed by atoms with E-state index < -0.39 is 26.5 Å². The Morgan fingerprint density at radius 2 is 2.00 bits per heavy atom. The molecule has 3 rings (SSSR count). The number of benzene rings is 1. The van der Waals surface area contributed by atoms with Crippen molar-refractivity contribution in [1.29, 1.82) is 0 Å². The van der Waals surface area contributed by atoms with E-state index in [0.29, 0.717) is 15.3 Å². The fourth-order valence-electron chi connectivity index (χ4n) is 2.29. The van der Waals surface area contributed by atoms with Crippen molar-refractivity contribution in [3.8, 4) is 5.75 Å². The molecule has 124 valence electrons. The van der Waals surface area contributed by atoms with Crippen LogP contribution in [0.25, 0.3) is 10.9 Å². The Labute approximate surface area is 130 Å². The minimum atomic E-state index is -4.46. The highest BCUT2D eigenvalue weighted by Gasteiger charge is 2.37. The van der Waals surface area contributed by atoms with Crippen molar-refractivity contribution in [1.82, 2.24) is 9.99 Å². The predicted molar refractivity (Wildman–Crippen MR) is 77.5 cm³/mol. The largest absolute Gasteiger partial charge is 0.428 e. The van der Waals surface area contributed by atoms with Gasteiger partial charge in [-0.1, -0.05) is 0 Å². The van der Waals surface area contributed by atoms with Gasteiger partial charge in [0.25, 0.3) is 0 Å². The molecule has 23 heavy (non-hydrogen) atoms. The van der Waals surface area contributed by atoms with Crippen LogP contribution in [-0.2, 0) is 27.5 Å². The number of carbonyl (C=O) groups is 1. The van der Waals surface area contributed by atoms with E-state index in [1.54, 1.807) is 0 Å². The molecule has 11 nitrogen and oxygen atoms in total. The Hall–Kier alpha value is -2.51. The summed E-state index contributed by atoms with van der Waals surface area (Å²) in [6.45, 7) is 0. The van der Waals surface area contributed by atoms with Gasteiger partial charge in [-0.3, -0.25) is 4.55 Å². The summed E-state index contributed by atoms with van der Waals surface area (Å²) >= 11 is 0. The van der Waals surface area contributed by atoms with Crippen molar-refractivity contribution in [2.45, 2.75) is 5.03 Å². The number of nitrogens with two attached hydrogens (primary N) is 1. The van der Waals surface area contributed by atoms with E-state index in [1.807, 2.05) is 5.43 Å². The van der Waals surface area contributed by atoms with Gasteiger partial charge in [0.1, 0.15) is 5.69 Å². The van der Waals surface area contributed by atoms with Crippen LogP contribution in [0.5, 0.6) is 5.75 Å². The standard InChI is InChI=1S/C10H10N4O7S2/c1-13-6-4-8-7(2-5(6)3-9(13)22(16,17)18)14(12-10(11)15)23(19,20)21-8/h2-4H,1H3,(H3,11,12,15)(H,16,17,18). The normalized spacial score (nSPS) is 16.2. The molecule has 1 aliphatic heterocycles. The van der Waals surface area contributed by atoms with Crippen molar-refractivity contribution in [2.24, 2.45) is 12.8 Å². The number of amides is 2. The van der Waals surface area contributed by atoms with Gasteiger partial charge in [-0.2, -0.15) is 16.8 Å². The van der Waals surface area contributed by atoms with E-state index in [0.717, 1.165) is 10.6 Å². The molecule has 2 heterocycles. The quantitative estimate of drug-likeness (QED) is 0.604. The molecule has 0 spiro atoms. The Balaban J connectivity index is 2.26. The Kier molecular flexibility index (Phi) is 3.01. The number of aryl methyl sites for hydroxylation is 1. The van der Waals surface area contributed by atoms with E-state index in [-0.39, 0.29) is 16.5 Å². The highest BCUT2D eigenvalue weighted by molar-refractivity contribution is 7.88. The Bertz CT molecular complexity index is 1050. The summed E-state index contributed by atoms with van der Waals surface area (Å²) in [6.07, 6.45) is 0. The van der Waals surface area contributed by atoms with E-state index in [9.17, 15) is 26.2 Å². The van der Waals surface area contributed by atoms with Crippen molar-refractivity contribution in [2.75, 3.05) is 4.41 Å². The highest BCUT2D eigenvalue weighted by Crippen LogP contribution is 2.41. The van der Waals surface area contributed by atoms with Crippen LogP contribution >= 0.6 is 0 Å². The van der Waals surface area contributed by atoms with Gasteiger partial charge in [-0.05, 0) is 12.1 Å². The van der Waals surface area contributed by atoms with Crippen molar-refractivity contribution in [3.63, 3.8) is 0 Å². The molecule has 0 saturated carbocycles. The van der Waals surface area contributed by atoms with Crippen LogP contribution in [0.3, 0.4) is 0 Å². The number of primary amides is 1. The van der Waals surface area contributed by atoms with Crippen molar-refractivity contribution >= 4 is 43.0 Å². The maximum atomic E-state index is 11.9. The molecule has 1 aromatic heterocycles. The molecule has 0 unspecified atom stereocenters. The van der Waals surface area contributed by atoms with E-state index in [4.69, 9.17) is 9.92 Å². The molecule has 0 atom stereocenters. The number of fused-ring (bicyclic) bond motifs is 2. The first-order valence-electron chi connectivity index (χ1n) is 5.92. The van der Waals surface area contributed by atoms with Crippen LogP contribution in [0.1, 0.15) is 0 Å². The van der Waals surface area contributed by atoms with Gasteiger partial charge in [0, 0.05) is 18.5 Å². The van der Waals surface area contributed by atoms with Crippen LogP contribution in [0.4, 0.5) is 10.5 Å². The summed E-state index contributed by atoms with van der Waals surface area (Å²) in [5.41, 5.74) is 7.06. The molecule has 2 aromatic rings. The number of rotatable bonds is 2. The van der Waals surface area contributed by atoms with Gasteiger partial charge in [0.15, 0.2) is 10.8 Å². The zero-order chi connectivity index (χ0) is 17.2. The van der Waals surface area contributed by atoms with Gasteiger partial charge >= 0.3 is 26.5 Å². The molecule has 1 aliphatic rings. The van der Waals surface area contributed by atoms with Crippen molar-refractivity contribution < 1.29 is 30.4 Å². The number of nitrogens with zero attached hydrogens (tertiary/aromatic N) is 2. The number of nitrogens with one attached hydrogen (secondary N) is 1. The summed E-state index contributed by atoms with van der Waals surface area (Å²) in [5, 5.41) is -0.0794. The lowest BCUT2D eigenvalue weighted by atomic mass is 10.2. The van der Waals surface area contributed by atoms with E-state index >= 15 is 0 Å². The molecule has 4 N–H and O–H groups in total. The van der Waals surface area contributed by atoms with Crippen LogP contribution in [0.15, 0.2) is 23.2 Å². The molecular formula is C10H10N4O7S2. The van der Waals surface area contributed by atoms with Crippen LogP contribution in [0, 0.1) is 0 Å². The minimum Gasteiger partial charge on any atom is -0.363 e. The lowest BCUT2D eigenvalue weighted by molar-refractivity contribution is 0.249. The smallest absolute Gasteiger partial charge is 0.363 e. The van der Waals surface area contributed by atoms with Crippen molar-refractivity contribution in [3.05, 3.63) is 18.2 Å². The number of carbonyl (C=O) groups excluding carboxylic acids is 1. The van der Waals surface area contributed by atoms with Gasteiger partial charge < -0.3 is 14.5 Å². The fraction of sp³-hybridized carbons (Fsp3) is 0.100. The molecule has 13 heteroatoms. The first kappa shape index (κ1) is 15.4. The second kappa shape index (κ2) is 4.50. The lowest BCUT2D eigenvalue weighted by Crippen LogP contribution is -2.47. The number of urea groups is 1. The van der Waals surface area contributed by atoms with Gasteiger partial charge in [-0.25, -0.2) is 10.2 Å².